The minimum Gasteiger partial charge on any atom is -0.504 e. The number of likely N-dealkylation sites (N-methyl/N-ethyl adjacent to an activating group) is 1. The Morgan fingerprint density at radius 3 is 2.88 bits per heavy atom. The van der Waals surface area contributed by atoms with Gasteiger partial charge in [-0.1, -0.05) is 18.2 Å². The molecule has 3 N–H and O–H groups in total. The molecule has 1 aromatic rings. The van der Waals surface area contributed by atoms with Crippen LogP contribution in [0, 0.1) is 5.92 Å². The summed E-state index contributed by atoms with van der Waals surface area (Å²) in [5.41, 5.74) is 2.29. The molecule has 2 bridgehead atoms. The van der Waals surface area contributed by atoms with Gasteiger partial charge in [0.15, 0.2) is 11.5 Å². The van der Waals surface area contributed by atoms with Gasteiger partial charge in [-0.2, -0.15) is 4.89 Å². The normalized spacial score (nSPS) is 38.1. The summed E-state index contributed by atoms with van der Waals surface area (Å²) in [5.74, 6) is 1.19. The molecule has 7 heteroatoms. The fourth-order valence-electron chi connectivity index (χ4n) is 5.24. The highest BCUT2D eigenvalue weighted by Gasteiger charge is 2.64. The van der Waals surface area contributed by atoms with E-state index in [0.717, 1.165) is 19.4 Å². The quantitative estimate of drug-likeness (QED) is 0.480. The number of hydrogen-bond donors (Lipinski definition) is 3. The fraction of sp³-hybridized carbons (Fsp3) is 0.529. The first-order valence-electron chi connectivity index (χ1n) is 8.14. The Hall–Kier alpha value is -1.46. The van der Waals surface area contributed by atoms with E-state index in [1.807, 2.05) is 12.1 Å². The van der Waals surface area contributed by atoms with Crippen LogP contribution >= 0.6 is 8.69 Å². The molecule has 1 unspecified atom stereocenters. The Bertz CT molecular complexity index is 723. The van der Waals surface area contributed by atoms with Gasteiger partial charge in [-0.25, -0.2) is 0 Å². The lowest BCUT2D eigenvalue weighted by Gasteiger charge is -2.56. The van der Waals surface area contributed by atoms with Gasteiger partial charge in [-0.05, 0) is 42.6 Å². The van der Waals surface area contributed by atoms with Crippen molar-refractivity contribution in [1.29, 1.82) is 0 Å². The van der Waals surface area contributed by atoms with Crippen molar-refractivity contribution in [3.8, 4) is 11.5 Å². The summed E-state index contributed by atoms with van der Waals surface area (Å²) in [7, 11) is 1.02. The molecule has 6 nitrogen and oxygen atoms in total. The highest BCUT2D eigenvalue weighted by Crippen LogP contribution is 2.62. The second-order valence-corrected chi connectivity index (χ2v) is 7.20. The maximum atomic E-state index is 10.4. The summed E-state index contributed by atoms with van der Waals surface area (Å²) < 4.78 is 14.6. The predicted octanol–water partition coefficient (Wildman–Crippen LogP) is 1.12. The van der Waals surface area contributed by atoms with Crippen LogP contribution in [0.25, 0.3) is 0 Å². The van der Waals surface area contributed by atoms with Gasteiger partial charge in [-0.3, -0.25) is 0 Å². The molecule has 1 saturated heterocycles. The molecular formula is C17H21NO5P+. The summed E-state index contributed by atoms with van der Waals surface area (Å²) in [6.45, 7) is 1.01. The molecule has 0 saturated carbocycles. The minimum atomic E-state index is -1.17. The van der Waals surface area contributed by atoms with Crippen molar-refractivity contribution in [2.75, 3.05) is 13.6 Å². The first-order chi connectivity index (χ1) is 11.5. The van der Waals surface area contributed by atoms with Gasteiger partial charge in [0.25, 0.3) is 0 Å². The maximum Gasteiger partial charge on any atom is 0.491 e. The van der Waals surface area contributed by atoms with Crippen LogP contribution in [-0.2, 0) is 16.4 Å². The van der Waals surface area contributed by atoms with Crippen molar-refractivity contribution in [1.82, 2.24) is 4.90 Å². The number of ether oxygens (including phenoxy) is 1. The molecular weight excluding hydrogens is 329 g/mol. The van der Waals surface area contributed by atoms with Crippen molar-refractivity contribution in [3.63, 3.8) is 0 Å². The van der Waals surface area contributed by atoms with E-state index < -0.39 is 14.8 Å². The van der Waals surface area contributed by atoms with Crippen molar-refractivity contribution in [2.45, 2.75) is 36.5 Å². The van der Waals surface area contributed by atoms with Crippen LogP contribution in [0.5, 0.6) is 11.5 Å². The van der Waals surface area contributed by atoms with E-state index in [1.54, 1.807) is 6.07 Å². The summed E-state index contributed by atoms with van der Waals surface area (Å²) >= 11 is 0. The molecule has 1 aromatic carbocycles. The lowest BCUT2D eigenvalue weighted by molar-refractivity contribution is -0.0453. The van der Waals surface area contributed by atoms with E-state index in [2.05, 4.69) is 18.0 Å². The van der Waals surface area contributed by atoms with Crippen LogP contribution in [0.4, 0.5) is 0 Å². The molecule has 6 atom stereocenters. The second kappa shape index (κ2) is 5.53. The average Bonchev–Trinajstić information content (AvgIpc) is 2.91. The molecule has 2 aliphatic carbocycles. The lowest BCUT2D eigenvalue weighted by atomic mass is 9.53. The van der Waals surface area contributed by atoms with Gasteiger partial charge < -0.3 is 19.8 Å². The first-order valence-corrected chi connectivity index (χ1v) is 9.00. The smallest absolute Gasteiger partial charge is 0.491 e. The zero-order valence-corrected chi connectivity index (χ0v) is 14.3. The van der Waals surface area contributed by atoms with Crippen LogP contribution < -0.4 is 4.74 Å². The second-order valence-electron chi connectivity index (χ2n) is 7.02. The number of nitrogens with zero attached hydrogens (tertiary/aromatic N) is 1. The number of aliphatic hydroxyl groups is 1. The van der Waals surface area contributed by atoms with E-state index in [1.165, 1.54) is 11.1 Å². The largest absolute Gasteiger partial charge is 0.504 e. The highest BCUT2D eigenvalue weighted by atomic mass is 31.1. The van der Waals surface area contributed by atoms with E-state index in [4.69, 9.17) is 14.2 Å². The monoisotopic (exact) mass is 350 g/mol. The van der Waals surface area contributed by atoms with Crippen LogP contribution in [0.15, 0.2) is 24.3 Å². The van der Waals surface area contributed by atoms with Crippen LogP contribution in [0.1, 0.15) is 17.5 Å². The van der Waals surface area contributed by atoms with Crippen LogP contribution in [0.3, 0.4) is 0 Å². The summed E-state index contributed by atoms with van der Waals surface area (Å²) in [6.07, 6.45) is 5.18. The number of aliphatic hydroxyl groups excluding tert-OH is 1. The zero-order valence-electron chi connectivity index (χ0n) is 13.3. The number of rotatable bonds is 0. The lowest BCUT2D eigenvalue weighted by Crippen LogP contribution is -2.64. The molecule has 1 fully saturated rings. The third-order valence-corrected chi connectivity index (χ3v) is 6.15. The third-order valence-electron chi connectivity index (χ3n) is 6.15. The summed E-state index contributed by atoms with van der Waals surface area (Å²) in [5, 5.41) is 20.6. The molecule has 2 heterocycles. The number of phenolic OH excluding ortho intramolecular Hbond substituents is 1. The standard InChI is InChI=1S/C17H19NO3.HO2P/c1-18-7-6-17-10-3-5-13(20)16(17)21-15-12(19)4-2-9(14(15)17)8-11(10)18;1-3-2/h2-5,10-11,13,16,19-20H,6-8H2,1H3;3H/p+1/t10-,11+,13-,16-,17-;/m0./s1. The number of hydrogen-bond acceptors (Lipinski definition) is 5. The van der Waals surface area contributed by atoms with Gasteiger partial charge >= 0.3 is 8.69 Å². The molecule has 0 aromatic heterocycles. The highest BCUT2D eigenvalue weighted by molar-refractivity contribution is 7.16. The topological polar surface area (TPSA) is 90.2 Å². The fourth-order valence-corrected chi connectivity index (χ4v) is 5.24. The SMILES string of the molecule is CN1CC[C@]23c4c5ccc(O)c4O[C@H]2[C@@H](O)C=C[C@H]3[C@H]1C5.O=[PH+]O. The third kappa shape index (κ3) is 1.88. The minimum absolute atomic E-state index is 0.160. The first kappa shape index (κ1) is 16.0. The van der Waals surface area contributed by atoms with Crippen molar-refractivity contribution < 1.29 is 24.4 Å². The zero-order chi connectivity index (χ0) is 17.1. The molecule has 1 spiro atoms. The molecule has 2 aliphatic heterocycles. The Balaban J connectivity index is 0.000000455. The molecule has 128 valence electrons. The van der Waals surface area contributed by atoms with Gasteiger partial charge in [0.1, 0.15) is 12.2 Å². The van der Waals surface area contributed by atoms with Crippen molar-refractivity contribution in [2.24, 2.45) is 5.92 Å². The number of benzene rings is 1. The van der Waals surface area contributed by atoms with E-state index in [-0.39, 0.29) is 17.3 Å². The van der Waals surface area contributed by atoms with E-state index in [0.29, 0.717) is 17.7 Å². The van der Waals surface area contributed by atoms with Crippen molar-refractivity contribution in [3.05, 3.63) is 35.4 Å². The van der Waals surface area contributed by atoms with Gasteiger partial charge in [0.05, 0.1) is 0 Å². The van der Waals surface area contributed by atoms with E-state index >= 15 is 0 Å². The predicted molar refractivity (Wildman–Crippen MR) is 88.8 cm³/mol. The van der Waals surface area contributed by atoms with Crippen LogP contribution in [0.2, 0.25) is 0 Å². The van der Waals surface area contributed by atoms with Gasteiger partial charge in [0, 0.05) is 22.9 Å². The average molecular weight is 350 g/mol. The summed E-state index contributed by atoms with van der Waals surface area (Å²) in [6, 6.07) is 4.23. The molecule has 24 heavy (non-hydrogen) atoms. The number of aromatic hydroxyl groups is 1. The maximum absolute atomic E-state index is 10.4. The van der Waals surface area contributed by atoms with Crippen LogP contribution in [-0.4, -0.2) is 51.8 Å². The number of piperidine rings is 1. The Kier molecular flexibility index (Phi) is 3.69. The molecule has 5 rings (SSSR count). The molecule has 0 radical (unpaired) electrons. The molecule has 0 amide bonds. The Morgan fingerprint density at radius 2 is 2.12 bits per heavy atom. The van der Waals surface area contributed by atoms with Crippen molar-refractivity contribution >= 4 is 8.69 Å². The number of phenols is 1. The molecule has 4 aliphatic rings. The Morgan fingerprint density at radius 1 is 1.38 bits per heavy atom. The number of likely N-dealkylation sites (tertiary alicyclic amines) is 1. The Labute approximate surface area is 141 Å². The van der Waals surface area contributed by atoms with Gasteiger partial charge in [-0.15, -0.1) is 0 Å². The van der Waals surface area contributed by atoms with E-state index in [9.17, 15) is 10.2 Å². The van der Waals surface area contributed by atoms with Gasteiger partial charge in [0.2, 0.25) is 0 Å². The summed E-state index contributed by atoms with van der Waals surface area (Å²) in [4.78, 5) is 9.48.